The molecule has 0 fully saturated rings. The van der Waals surface area contributed by atoms with Crippen molar-refractivity contribution in [3.8, 4) is 0 Å². The molecule has 2 unspecified atom stereocenters. The van der Waals surface area contributed by atoms with Gasteiger partial charge >= 0.3 is 0 Å². The summed E-state index contributed by atoms with van der Waals surface area (Å²) in [4.78, 5) is 0. The normalized spacial score (nSPS) is 16.6. The molecule has 0 heterocycles. The average Bonchev–Trinajstić information content (AvgIpc) is 2.58. The maximum absolute atomic E-state index is 14.4. The van der Waals surface area contributed by atoms with Gasteiger partial charge in [0.2, 0.25) is 0 Å². The summed E-state index contributed by atoms with van der Waals surface area (Å²) in [5.74, 6) is 0.569. The molecule has 0 spiro atoms. The third-order valence-electron chi connectivity index (χ3n) is 5.43. The van der Waals surface area contributed by atoms with Gasteiger partial charge in [0, 0.05) is 0 Å². The lowest BCUT2D eigenvalue weighted by molar-refractivity contribution is 0.189. The van der Waals surface area contributed by atoms with Crippen molar-refractivity contribution in [1.29, 1.82) is 0 Å². The predicted molar refractivity (Wildman–Crippen MR) is 108 cm³/mol. The highest BCUT2D eigenvalue weighted by Crippen LogP contribution is 2.45. The molecule has 1 heteroatoms. The van der Waals surface area contributed by atoms with Gasteiger partial charge in [-0.3, -0.25) is 0 Å². The minimum absolute atomic E-state index is 0.0716. The third-order valence-corrected chi connectivity index (χ3v) is 5.43. The van der Waals surface area contributed by atoms with Crippen molar-refractivity contribution >= 4 is 0 Å². The van der Waals surface area contributed by atoms with Crippen molar-refractivity contribution in [3.05, 3.63) is 48.4 Å². The number of hydrogen-bond acceptors (Lipinski definition) is 0. The molecule has 0 aromatic heterocycles. The lowest BCUT2D eigenvalue weighted by Crippen LogP contribution is -2.29. The van der Waals surface area contributed by atoms with Gasteiger partial charge in [0.15, 0.2) is 0 Å². The summed E-state index contributed by atoms with van der Waals surface area (Å²) >= 11 is 0. The van der Waals surface area contributed by atoms with Crippen LogP contribution in [-0.4, -0.2) is 0 Å². The second-order valence-corrected chi connectivity index (χ2v) is 6.96. The number of halogens is 1. The second kappa shape index (κ2) is 12.3. The quantitative estimate of drug-likeness (QED) is 0.297. The van der Waals surface area contributed by atoms with Crippen LogP contribution in [-0.2, 0) is 0 Å². The summed E-state index contributed by atoms with van der Waals surface area (Å²) in [6.45, 7) is 19.0. The van der Waals surface area contributed by atoms with Gasteiger partial charge in [-0.2, -0.15) is 0 Å². The molecule has 0 N–H and O–H groups in total. The minimum atomic E-state index is 0.0716. The Hall–Kier alpha value is -1.11. The van der Waals surface area contributed by atoms with Gasteiger partial charge in [-0.1, -0.05) is 71.9 Å². The van der Waals surface area contributed by atoms with Crippen molar-refractivity contribution in [1.82, 2.24) is 0 Å². The highest BCUT2D eigenvalue weighted by Gasteiger charge is 2.34. The standard InChI is InChI=1S/C23H39F/c1-8-14-21(15-9-2)22(24)17-13-16-20(7)23(12-5,18-10-3)19(6)11-4/h8,11,14,20H,4,6,9-10,12-13,15-18H2,1-3,5,7H3/b14-8-,22-21+. The van der Waals surface area contributed by atoms with E-state index in [1.165, 1.54) is 0 Å². The summed E-state index contributed by atoms with van der Waals surface area (Å²) in [6.07, 6.45) is 13.4. The zero-order chi connectivity index (χ0) is 18.6. The molecule has 0 aromatic rings. The Bertz CT molecular complexity index is 441. The van der Waals surface area contributed by atoms with Crippen LogP contribution in [0, 0.1) is 11.3 Å². The molecular formula is C23H39F. The van der Waals surface area contributed by atoms with Crippen molar-refractivity contribution < 1.29 is 4.39 Å². The van der Waals surface area contributed by atoms with Gasteiger partial charge in [-0.25, -0.2) is 4.39 Å². The van der Waals surface area contributed by atoms with Gasteiger partial charge < -0.3 is 0 Å². The number of hydrogen-bond donors (Lipinski definition) is 0. The van der Waals surface area contributed by atoms with E-state index < -0.39 is 0 Å². The van der Waals surface area contributed by atoms with E-state index in [9.17, 15) is 4.39 Å². The van der Waals surface area contributed by atoms with Crippen molar-refractivity contribution in [3.63, 3.8) is 0 Å². The molecule has 0 aliphatic carbocycles. The van der Waals surface area contributed by atoms with E-state index in [2.05, 4.69) is 40.9 Å². The Labute approximate surface area is 150 Å². The van der Waals surface area contributed by atoms with E-state index in [1.807, 2.05) is 25.2 Å². The first-order valence-corrected chi connectivity index (χ1v) is 9.75. The minimum Gasteiger partial charge on any atom is -0.212 e. The Morgan fingerprint density at radius 2 is 1.83 bits per heavy atom. The van der Waals surface area contributed by atoms with E-state index in [0.717, 1.165) is 56.1 Å². The summed E-state index contributed by atoms with van der Waals surface area (Å²) in [7, 11) is 0. The maximum Gasteiger partial charge on any atom is 0.103 e. The van der Waals surface area contributed by atoms with Crippen LogP contribution >= 0.6 is 0 Å². The topological polar surface area (TPSA) is 0 Å². The fourth-order valence-electron chi connectivity index (χ4n) is 3.91. The summed E-state index contributed by atoms with van der Waals surface area (Å²) in [5, 5.41) is 0. The monoisotopic (exact) mass is 334 g/mol. The molecule has 0 amide bonds. The van der Waals surface area contributed by atoms with Crippen molar-refractivity contribution in [2.45, 2.75) is 86.0 Å². The zero-order valence-corrected chi connectivity index (χ0v) is 16.8. The van der Waals surface area contributed by atoms with E-state index in [1.54, 1.807) is 0 Å². The summed E-state index contributed by atoms with van der Waals surface area (Å²) in [6, 6.07) is 0. The lowest BCUT2D eigenvalue weighted by Gasteiger charge is -2.40. The molecule has 0 saturated heterocycles. The fraction of sp³-hybridized carbons (Fsp3) is 0.652. The SMILES string of the molecule is C=CC(=C)C(CC)(CCC)C(C)CCC/C(F)=C(/C=C\C)CCC. The highest BCUT2D eigenvalue weighted by molar-refractivity contribution is 5.23. The first-order chi connectivity index (χ1) is 11.4. The Balaban J connectivity index is 4.96. The molecule has 0 nitrogen and oxygen atoms in total. The molecular weight excluding hydrogens is 295 g/mol. The van der Waals surface area contributed by atoms with Crippen LogP contribution < -0.4 is 0 Å². The lowest BCUT2D eigenvalue weighted by atomic mass is 9.65. The highest BCUT2D eigenvalue weighted by atomic mass is 19.1. The molecule has 0 aromatic carbocycles. The van der Waals surface area contributed by atoms with E-state index in [0.29, 0.717) is 12.3 Å². The van der Waals surface area contributed by atoms with Crippen LogP contribution in [0.5, 0.6) is 0 Å². The first-order valence-electron chi connectivity index (χ1n) is 9.75. The molecule has 0 aliphatic rings. The molecule has 0 bridgehead atoms. The Kier molecular flexibility index (Phi) is 11.7. The average molecular weight is 335 g/mol. The number of rotatable bonds is 13. The van der Waals surface area contributed by atoms with Crippen LogP contribution in [0.3, 0.4) is 0 Å². The maximum atomic E-state index is 14.4. The smallest absolute Gasteiger partial charge is 0.103 e. The van der Waals surface area contributed by atoms with Gasteiger partial charge in [0.1, 0.15) is 5.83 Å². The molecule has 24 heavy (non-hydrogen) atoms. The van der Waals surface area contributed by atoms with Gasteiger partial charge in [-0.05, 0) is 67.9 Å². The Morgan fingerprint density at radius 3 is 2.29 bits per heavy atom. The number of allylic oxidation sites excluding steroid dienone is 6. The van der Waals surface area contributed by atoms with Gasteiger partial charge in [-0.15, -0.1) is 0 Å². The first kappa shape index (κ1) is 22.9. The fourth-order valence-corrected chi connectivity index (χ4v) is 3.91. The third kappa shape index (κ3) is 6.42. The summed E-state index contributed by atoms with van der Waals surface area (Å²) < 4.78 is 14.4. The molecule has 0 saturated carbocycles. The molecule has 0 rings (SSSR count). The van der Waals surface area contributed by atoms with Crippen LogP contribution in [0.4, 0.5) is 4.39 Å². The molecule has 0 radical (unpaired) electrons. The van der Waals surface area contributed by atoms with Crippen LogP contribution in [0.15, 0.2) is 48.4 Å². The zero-order valence-electron chi connectivity index (χ0n) is 16.8. The van der Waals surface area contributed by atoms with Crippen LogP contribution in [0.2, 0.25) is 0 Å². The summed E-state index contributed by atoms with van der Waals surface area (Å²) in [5.41, 5.74) is 2.14. The van der Waals surface area contributed by atoms with Gasteiger partial charge in [0.25, 0.3) is 0 Å². The largest absolute Gasteiger partial charge is 0.212 e. The predicted octanol–water partition coefficient (Wildman–Crippen LogP) is 8.33. The Morgan fingerprint density at radius 1 is 1.17 bits per heavy atom. The van der Waals surface area contributed by atoms with Gasteiger partial charge in [0.05, 0.1) is 0 Å². The molecule has 2 atom stereocenters. The second-order valence-electron chi connectivity index (χ2n) is 6.96. The van der Waals surface area contributed by atoms with Crippen LogP contribution in [0.1, 0.15) is 86.0 Å². The molecule has 138 valence electrons. The van der Waals surface area contributed by atoms with E-state index >= 15 is 0 Å². The van der Waals surface area contributed by atoms with Crippen molar-refractivity contribution in [2.75, 3.05) is 0 Å². The van der Waals surface area contributed by atoms with Crippen molar-refractivity contribution in [2.24, 2.45) is 11.3 Å². The van der Waals surface area contributed by atoms with Crippen LogP contribution in [0.25, 0.3) is 0 Å². The van der Waals surface area contributed by atoms with E-state index in [-0.39, 0.29) is 11.2 Å². The molecule has 0 aliphatic heterocycles. The van der Waals surface area contributed by atoms with E-state index in [4.69, 9.17) is 0 Å².